The van der Waals surface area contributed by atoms with Crippen molar-refractivity contribution in [2.24, 2.45) is 0 Å². The second-order valence-corrected chi connectivity index (χ2v) is 8.30. The lowest BCUT2D eigenvalue weighted by Crippen LogP contribution is -2.37. The number of carbonyl (C=O) groups excluding carboxylic acids is 1. The summed E-state index contributed by atoms with van der Waals surface area (Å²) in [5.74, 6) is -0.342. The van der Waals surface area contributed by atoms with E-state index in [-0.39, 0.29) is 6.61 Å². The molecule has 194 valence electrons. The van der Waals surface area contributed by atoms with Crippen molar-refractivity contribution in [1.29, 1.82) is 0 Å². The predicted molar refractivity (Wildman–Crippen MR) is 129 cm³/mol. The number of hydrogen-bond donors (Lipinski definition) is 1. The van der Waals surface area contributed by atoms with Crippen molar-refractivity contribution in [2.45, 2.75) is 45.1 Å². The molecule has 0 aliphatic heterocycles. The third-order valence-corrected chi connectivity index (χ3v) is 6.25. The van der Waals surface area contributed by atoms with Crippen molar-refractivity contribution >= 4 is 11.7 Å². The van der Waals surface area contributed by atoms with Gasteiger partial charge in [0.2, 0.25) is 0 Å². The molecule has 0 bridgehead atoms. The molecule has 0 aliphatic rings. The lowest BCUT2D eigenvalue weighted by molar-refractivity contribution is -0.148. The van der Waals surface area contributed by atoms with Crippen LogP contribution >= 0.6 is 0 Å². The minimum atomic E-state index is -4.84. The van der Waals surface area contributed by atoms with Gasteiger partial charge >= 0.3 is 12.1 Å². The zero-order valence-corrected chi connectivity index (χ0v) is 20.8. The Hall–Kier alpha value is -3.53. The molecule has 0 saturated carbocycles. The maximum atomic E-state index is 14.1. The Kier molecular flexibility index (Phi) is 8.29. The quantitative estimate of drug-likeness (QED) is 0.350. The number of aromatic nitrogens is 2. The molecule has 1 aromatic heterocycles. The molecule has 3 rings (SSSR count). The molecule has 7 nitrogen and oxygen atoms in total. The maximum absolute atomic E-state index is 14.1. The predicted octanol–water partition coefficient (Wildman–Crippen LogP) is 5.82. The summed E-state index contributed by atoms with van der Waals surface area (Å²) in [5.41, 5.74) is -0.753. The van der Waals surface area contributed by atoms with Crippen molar-refractivity contribution in [1.82, 2.24) is 9.78 Å². The highest BCUT2D eigenvalue weighted by Crippen LogP contribution is 2.43. The first-order valence-electron chi connectivity index (χ1n) is 11.4. The van der Waals surface area contributed by atoms with E-state index >= 15 is 0 Å². The van der Waals surface area contributed by atoms with Gasteiger partial charge in [-0.1, -0.05) is 30.3 Å². The van der Waals surface area contributed by atoms with E-state index < -0.39 is 35.0 Å². The van der Waals surface area contributed by atoms with E-state index in [0.717, 1.165) is 22.2 Å². The van der Waals surface area contributed by atoms with Crippen LogP contribution in [0, 0.1) is 0 Å². The van der Waals surface area contributed by atoms with Crippen molar-refractivity contribution < 1.29 is 32.2 Å². The fourth-order valence-corrected chi connectivity index (χ4v) is 4.05. The van der Waals surface area contributed by atoms with Gasteiger partial charge in [0.1, 0.15) is 16.9 Å². The summed E-state index contributed by atoms with van der Waals surface area (Å²) in [6, 6.07) is 13.8. The Morgan fingerprint density at radius 3 is 2.36 bits per heavy atom. The molecule has 0 amide bonds. The number of esters is 1. The normalized spacial score (nSPS) is 14.1. The largest absolute Gasteiger partial charge is 0.497 e. The highest BCUT2D eigenvalue weighted by Gasteiger charge is 2.45. The first kappa shape index (κ1) is 27.1. The number of hydrogen-bond acceptors (Lipinski definition) is 6. The monoisotopic (exact) mass is 505 g/mol. The molecule has 0 saturated heterocycles. The number of para-hydroxylation sites is 1. The van der Waals surface area contributed by atoms with Crippen LogP contribution < -0.4 is 10.1 Å². The summed E-state index contributed by atoms with van der Waals surface area (Å²) in [4.78, 5) is 12.2. The molecule has 0 radical (unpaired) electrons. The molecule has 2 atom stereocenters. The lowest BCUT2D eigenvalue weighted by Gasteiger charge is -2.37. The lowest BCUT2D eigenvalue weighted by atomic mass is 9.87. The highest BCUT2D eigenvalue weighted by atomic mass is 19.4. The highest BCUT2D eigenvalue weighted by molar-refractivity contribution is 5.90. The summed E-state index contributed by atoms with van der Waals surface area (Å²) in [6.45, 7) is 5.20. The molecular weight excluding hydrogens is 475 g/mol. The number of halogens is 3. The van der Waals surface area contributed by atoms with E-state index in [1.807, 2.05) is 36.4 Å². The van der Waals surface area contributed by atoms with Crippen molar-refractivity contribution in [3.8, 4) is 5.75 Å². The molecule has 2 aromatic carbocycles. The number of ether oxygens (including phenoxy) is 3. The first-order valence-corrected chi connectivity index (χ1v) is 11.4. The topological polar surface area (TPSA) is 74.6 Å². The summed E-state index contributed by atoms with van der Waals surface area (Å²) < 4.78 is 59.0. The third-order valence-electron chi connectivity index (χ3n) is 6.25. The Labute approximate surface area is 208 Å². The Morgan fingerprint density at radius 1 is 1.11 bits per heavy atom. The van der Waals surface area contributed by atoms with E-state index in [1.54, 1.807) is 33.1 Å². The van der Waals surface area contributed by atoms with Crippen LogP contribution in [-0.2, 0) is 27.8 Å². The minimum absolute atomic E-state index is 0.0557. The molecule has 0 aliphatic carbocycles. The Balaban J connectivity index is 1.99. The third kappa shape index (κ3) is 5.48. The van der Waals surface area contributed by atoms with E-state index in [4.69, 9.17) is 14.2 Å². The van der Waals surface area contributed by atoms with Gasteiger partial charge in [-0.3, -0.25) is 4.68 Å². The average Bonchev–Trinajstić information content (AvgIpc) is 3.33. The fraction of sp³-hybridized carbons (Fsp3) is 0.385. The second kappa shape index (κ2) is 11.0. The number of rotatable bonds is 10. The van der Waals surface area contributed by atoms with E-state index in [0.29, 0.717) is 17.8 Å². The number of nitrogens with one attached hydrogen (secondary N) is 1. The van der Waals surface area contributed by atoms with Gasteiger partial charge in [0.05, 0.1) is 26.0 Å². The second-order valence-electron chi connectivity index (χ2n) is 8.30. The first-order chi connectivity index (χ1) is 17.1. The van der Waals surface area contributed by atoms with Gasteiger partial charge in [-0.15, -0.1) is 0 Å². The van der Waals surface area contributed by atoms with Crippen molar-refractivity contribution in [3.05, 3.63) is 77.1 Å². The van der Waals surface area contributed by atoms with Gasteiger partial charge in [-0.2, -0.15) is 18.3 Å². The number of alkyl halides is 3. The van der Waals surface area contributed by atoms with Crippen LogP contribution in [0.5, 0.6) is 5.75 Å². The molecule has 36 heavy (non-hydrogen) atoms. The van der Waals surface area contributed by atoms with E-state index in [2.05, 4.69) is 10.4 Å². The average molecular weight is 506 g/mol. The van der Waals surface area contributed by atoms with Gasteiger partial charge in [-0.05, 0) is 44.5 Å². The zero-order valence-electron chi connectivity index (χ0n) is 20.8. The number of anilines is 1. The molecule has 0 spiro atoms. The summed E-state index contributed by atoms with van der Waals surface area (Å²) in [7, 11) is 3.02. The molecule has 10 heteroatoms. The van der Waals surface area contributed by atoms with Crippen LogP contribution in [0.15, 0.2) is 54.7 Å². The van der Waals surface area contributed by atoms with Gasteiger partial charge in [0, 0.05) is 24.9 Å². The van der Waals surface area contributed by atoms with Crippen LogP contribution in [0.25, 0.3) is 0 Å². The number of methoxy groups -OCH3 is 2. The van der Waals surface area contributed by atoms with Crippen LogP contribution in [0.1, 0.15) is 54.0 Å². The standard InChI is InChI=1S/C26H30F3N3O4/c1-6-36-24(33)20-16-31-32(23(20)26(27,28)29)17(2)25(3,35-5)21-9-7-8-10-22(21)30-15-18-11-13-19(34-4)14-12-18/h7-14,16-17,30H,6,15H2,1-5H3/t17-,25?/m1/s1. The fourth-order valence-electron chi connectivity index (χ4n) is 4.05. The number of nitrogens with zero attached hydrogens (tertiary/aromatic N) is 2. The summed E-state index contributed by atoms with van der Waals surface area (Å²) in [6.07, 6.45) is -3.95. The molecule has 1 unspecified atom stereocenters. The van der Waals surface area contributed by atoms with Crippen LogP contribution in [0.4, 0.5) is 18.9 Å². The van der Waals surface area contributed by atoms with Gasteiger partial charge < -0.3 is 19.5 Å². The molecule has 1 N–H and O–H groups in total. The molecule has 1 heterocycles. The Morgan fingerprint density at radius 2 is 1.78 bits per heavy atom. The van der Waals surface area contributed by atoms with Crippen LogP contribution in [0.2, 0.25) is 0 Å². The van der Waals surface area contributed by atoms with Crippen molar-refractivity contribution in [3.63, 3.8) is 0 Å². The maximum Gasteiger partial charge on any atom is 0.433 e. The molecule has 3 aromatic rings. The Bertz CT molecular complexity index is 1180. The smallest absolute Gasteiger partial charge is 0.433 e. The summed E-state index contributed by atoms with van der Waals surface area (Å²) in [5, 5.41) is 7.30. The van der Waals surface area contributed by atoms with Crippen LogP contribution in [0.3, 0.4) is 0 Å². The van der Waals surface area contributed by atoms with Crippen LogP contribution in [-0.4, -0.2) is 36.6 Å². The van der Waals surface area contributed by atoms with Gasteiger partial charge in [0.15, 0.2) is 5.69 Å². The molecular formula is C26H30F3N3O4. The van der Waals surface area contributed by atoms with E-state index in [1.165, 1.54) is 14.0 Å². The minimum Gasteiger partial charge on any atom is -0.497 e. The van der Waals surface area contributed by atoms with Crippen molar-refractivity contribution in [2.75, 3.05) is 26.1 Å². The van der Waals surface area contributed by atoms with Gasteiger partial charge in [-0.25, -0.2) is 4.79 Å². The SMILES string of the molecule is CCOC(=O)c1cnn([C@H](C)C(C)(OC)c2ccccc2NCc2ccc(OC)cc2)c1C(F)(F)F. The van der Waals surface area contributed by atoms with E-state index in [9.17, 15) is 18.0 Å². The molecule has 0 fully saturated rings. The van der Waals surface area contributed by atoms with Gasteiger partial charge in [0.25, 0.3) is 0 Å². The summed E-state index contributed by atoms with van der Waals surface area (Å²) >= 11 is 0. The number of carbonyl (C=O) groups is 1. The zero-order chi connectivity index (χ0) is 26.5. The number of benzene rings is 2.